The standard InChI is InChI=1S/C14H33N3/c1-6-16(7-2)11-9-15-10-12-17(8-3)13-14(4)5/h14-15H,6-13H2,1-5H3. The molecule has 0 aromatic rings. The SMILES string of the molecule is CCN(CC)CCNCCN(CC)CC(C)C. The molecular formula is C14H33N3. The molecule has 0 aliphatic heterocycles. The first-order valence-electron chi connectivity index (χ1n) is 7.29. The molecule has 0 spiro atoms. The Morgan fingerprint density at radius 1 is 0.824 bits per heavy atom. The van der Waals surface area contributed by atoms with Gasteiger partial charge in [0.25, 0.3) is 0 Å². The van der Waals surface area contributed by atoms with Crippen LogP contribution in [0.1, 0.15) is 34.6 Å². The van der Waals surface area contributed by atoms with Gasteiger partial charge in [0.2, 0.25) is 0 Å². The van der Waals surface area contributed by atoms with Crippen LogP contribution in [0, 0.1) is 5.92 Å². The maximum Gasteiger partial charge on any atom is 0.0107 e. The summed E-state index contributed by atoms with van der Waals surface area (Å²) < 4.78 is 0. The molecule has 0 aliphatic carbocycles. The fourth-order valence-electron chi connectivity index (χ4n) is 2.03. The largest absolute Gasteiger partial charge is 0.314 e. The van der Waals surface area contributed by atoms with Gasteiger partial charge in [-0.2, -0.15) is 0 Å². The molecule has 104 valence electrons. The minimum Gasteiger partial charge on any atom is -0.314 e. The summed E-state index contributed by atoms with van der Waals surface area (Å²) in [5.41, 5.74) is 0. The molecule has 0 saturated carbocycles. The first kappa shape index (κ1) is 16.9. The molecule has 3 nitrogen and oxygen atoms in total. The lowest BCUT2D eigenvalue weighted by molar-refractivity contribution is 0.251. The van der Waals surface area contributed by atoms with Crippen molar-refractivity contribution in [1.29, 1.82) is 0 Å². The number of nitrogens with one attached hydrogen (secondary N) is 1. The first-order chi connectivity index (χ1) is 8.13. The van der Waals surface area contributed by atoms with Crippen LogP contribution < -0.4 is 5.32 Å². The molecule has 17 heavy (non-hydrogen) atoms. The maximum absolute atomic E-state index is 3.54. The number of likely N-dealkylation sites (N-methyl/N-ethyl adjacent to an activating group) is 2. The molecule has 0 rings (SSSR count). The minimum absolute atomic E-state index is 0.769. The predicted octanol–water partition coefficient (Wildman–Crippen LogP) is 1.90. The van der Waals surface area contributed by atoms with Crippen LogP contribution in [0.3, 0.4) is 0 Å². The first-order valence-corrected chi connectivity index (χ1v) is 7.29. The van der Waals surface area contributed by atoms with Gasteiger partial charge in [-0.25, -0.2) is 0 Å². The van der Waals surface area contributed by atoms with E-state index in [0.29, 0.717) is 0 Å². The third-order valence-electron chi connectivity index (χ3n) is 3.17. The summed E-state index contributed by atoms with van der Waals surface area (Å²) in [6.45, 7) is 20.5. The monoisotopic (exact) mass is 243 g/mol. The summed E-state index contributed by atoms with van der Waals surface area (Å²) in [6.07, 6.45) is 0. The van der Waals surface area contributed by atoms with E-state index in [4.69, 9.17) is 0 Å². The summed E-state index contributed by atoms with van der Waals surface area (Å²) >= 11 is 0. The Morgan fingerprint density at radius 3 is 1.71 bits per heavy atom. The highest BCUT2D eigenvalue weighted by atomic mass is 15.1. The van der Waals surface area contributed by atoms with Gasteiger partial charge in [0.15, 0.2) is 0 Å². The van der Waals surface area contributed by atoms with E-state index in [2.05, 4.69) is 49.7 Å². The highest BCUT2D eigenvalue weighted by molar-refractivity contribution is 4.61. The molecule has 0 radical (unpaired) electrons. The van der Waals surface area contributed by atoms with Crippen LogP contribution in [0.5, 0.6) is 0 Å². The molecule has 0 amide bonds. The summed E-state index contributed by atoms with van der Waals surface area (Å²) in [5.74, 6) is 0.769. The normalized spacial score (nSPS) is 12.0. The smallest absolute Gasteiger partial charge is 0.0107 e. The molecule has 3 heteroatoms. The Kier molecular flexibility index (Phi) is 10.9. The molecule has 1 N–H and O–H groups in total. The molecule has 0 bridgehead atoms. The molecule has 0 unspecified atom stereocenters. The molecule has 0 heterocycles. The topological polar surface area (TPSA) is 18.5 Å². The third kappa shape index (κ3) is 9.57. The van der Waals surface area contributed by atoms with Gasteiger partial charge in [-0.15, -0.1) is 0 Å². The van der Waals surface area contributed by atoms with E-state index in [1.807, 2.05) is 0 Å². The molecule has 0 saturated heterocycles. The molecule has 0 aromatic carbocycles. The number of hydrogen-bond acceptors (Lipinski definition) is 3. The summed E-state index contributed by atoms with van der Waals surface area (Å²) in [7, 11) is 0. The van der Waals surface area contributed by atoms with Gasteiger partial charge in [0, 0.05) is 32.7 Å². The van der Waals surface area contributed by atoms with Crippen molar-refractivity contribution >= 4 is 0 Å². The van der Waals surface area contributed by atoms with Crippen LogP contribution >= 0.6 is 0 Å². The Bertz CT molecular complexity index is 156. The number of nitrogens with zero attached hydrogens (tertiary/aromatic N) is 2. The lowest BCUT2D eigenvalue weighted by Gasteiger charge is -2.23. The van der Waals surface area contributed by atoms with Gasteiger partial charge in [-0.3, -0.25) is 0 Å². The van der Waals surface area contributed by atoms with Crippen LogP contribution in [0.4, 0.5) is 0 Å². The van der Waals surface area contributed by atoms with E-state index in [-0.39, 0.29) is 0 Å². The van der Waals surface area contributed by atoms with E-state index >= 15 is 0 Å². The van der Waals surface area contributed by atoms with E-state index in [9.17, 15) is 0 Å². The second-order valence-corrected chi connectivity index (χ2v) is 5.06. The second-order valence-electron chi connectivity index (χ2n) is 5.06. The van der Waals surface area contributed by atoms with E-state index in [1.165, 1.54) is 19.6 Å². The Morgan fingerprint density at radius 2 is 1.29 bits per heavy atom. The van der Waals surface area contributed by atoms with E-state index in [1.54, 1.807) is 0 Å². The fourth-order valence-corrected chi connectivity index (χ4v) is 2.03. The van der Waals surface area contributed by atoms with Crippen LogP contribution in [0.15, 0.2) is 0 Å². The van der Waals surface area contributed by atoms with Crippen molar-refractivity contribution in [2.75, 3.05) is 52.4 Å². The Labute approximate surface area is 109 Å². The molecule has 0 aromatic heterocycles. The summed E-state index contributed by atoms with van der Waals surface area (Å²) in [4.78, 5) is 4.98. The van der Waals surface area contributed by atoms with Crippen molar-refractivity contribution in [3.8, 4) is 0 Å². The second kappa shape index (κ2) is 11.0. The number of rotatable bonds is 11. The molecule has 0 atom stereocenters. The van der Waals surface area contributed by atoms with Gasteiger partial charge in [-0.1, -0.05) is 34.6 Å². The van der Waals surface area contributed by atoms with Gasteiger partial charge < -0.3 is 15.1 Å². The quantitative estimate of drug-likeness (QED) is 0.559. The minimum atomic E-state index is 0.769. The lowest BCUT2D eigenvalue weighted by atomic mass is 10.2. The Balaban J connectivity index is 3.48. The van der Waals surface area contributed by atoms with Gasteiger partial charge in [-0.05, 0) is 25.6 Å². The zero-order valence-electron chi connectivity index (χ0n) is 12.6. The van der Waals surface area contributed by atoms with Crippen molar-refractivity contribution in [2.24, 2.45) is 5.92 Å². The van der Waals surface area contributed by atoms with Crippen molar-refractivity contribution in [2.45, 2.75) is 34.6 Å². The van der Waals surface area contributed by atoms with E-state index < -0.39 is 0 Å². The van der Waals surface area contributed by atoms with Crippen LogP contribution in [-0.4, -0.2) is 62.2 Å². The van der Waals surface area contributed by atoms with Crippen molar-refractivity contribution in [3.05, 3.63) is 0 Å². The van der Waals surface area contributed by atoms with Crippen LogP contribution in [-0.2, 0) is 0 Å². The average Bonchev–Trinajstić information content (AvgIpc) is 2.31. The van der Waals surface area contributed by atoms with Gasteiger partial charge in [0.05, 0.1) is 0 Å². The molecular weight excluding hydrogens is 210 g/mol. The summed E-state index contributed by atoms with van der Waals surface area (Å²) in [5, 5.41) is 3.54. The van der Waals surface area contributed by atoms with Crippen molar-refractivity contribution in [1.82, 2.24) is 15.1 Å². The number of hydrogen-bond donors (Lipinski definition) is 1. The van der Waals surface area contributed by atoms with Gasteiger partial charge in [0.1, 0.15) is 0 Å². The summed E-state index contributed by atoms with van der Waals surface area (Å²) in [6, 6.07) is 0. The van der Waals surface area contributed by atoms with Crippen LogP contribution in [0.2, 0.25) is 0 Å². The van der Waals surface area contributed by atoms with Gasteiger partial charge >= 0.3 is 0 Å². The highest BCUT2D eigenvalue weighted by Crippen LogP contribution is 1.96. The van der Waals surface area contributed by atoms with Crippen molar-refractivity contribution in [3.63, 3.8) is 0 Å². The van der Waals surface area contributed by atoms with Crippen molar-refractivity contribution < 1.29 is 0 Å². The highest BCUT2D eigenvalue weighted by Gasteiger charge is 2.04. The Hall–Kier alpha value is -0.120. The zero-order valence-corrected chi connectivity index (χ0v) is 12.6. The molecule has 0 fully saturated rings. The predicted molar refractivity (Wildman–Crippen MR) is 77.6 cm³/mol. The maximum atomic E-state index is 3.54. The molecule has 0 aliphatic rings. The third-order valence-corrected chi connectivity index (χ3v) is 3.17. The van der Waals surface area contributed by atoms with Crippen LogP contribution in [0.25, 0.3) is 0 Å². The van der Waals surface area contributed by atoms with E-state index in [0.717, 1.165) is 38.6 Å². The fraction of sp³-hybridized carbons (Fsp3) is 1.00. The average molecular weight is 243 g/mol. The lowest BCUT2D eigenvalue weighted by Crippen LogP contribution is -2.37. The zero-order chi connectivity index (χ0) is 13.1.